The molecule has 162 valence electrons. The van der Waals surface area contributed by atoms with E-state index in [9.17, 15) is 18.0 Å². The van der Waals surface area contributed by atoms with Crippen molar-refractivity contribution in [3.8, 4) is 0 Å². The zero-order valence-corrected chi connectivity index (χ0v) is 17.2. The van der Waals surface area contributed by atoms with Crippen LogP contribution in [0.1, 0.15) is 48.0 Å². The fraction of sp³-hybridized carbons (Fsp3) is 0.333. The minimum absolute atomic E-state index is 0.136. The van der Waals surface area contributed by atoms with E-state index in [0.717, 1.165) is 11.8 Å². The highest BCUT2D eigenvalue weighted by Gasteiger charge is 2.33. The summed E-state index contributed by atoms with van der Waals surface area (Å²) in [7, 11) is 2.08. The molecule has 0 saturated heterocycles. The van der Waals surface area contributed by atoms with Crippen LogP contribution in [-0.2, 0) is 6.18 Å². The molecule has 31 heavy (non-hydrogen) atoms. The number of alkyl halides is 3. The molecule has 0 aliphatic heterocycles. The van der Waals surface area contributed by atoms with Crippen molar-refractivity contribution in [2.45, 2.75) is 44.3 Å². The van der Waals surface area contributed by atoms with E-state index in [0.29, 0.717) is 22.7 Å². The van der Waals surface area contributed by atoms with Crippen molar-refractivity contribution in [1.29, 1.82) is 0 Å². The number of fused-ring (bicyclic) bond motifs is 1. The first-order valence-corrected chi connectivity index (χ1v) is 10.4. The molecule has 0 atom stereocenters. The first kappa shape index (κ1) is 21.2. The Hall–Kier alpha value is -3.09. The van der Waals surface area contributed by atoms with E-state index in [1.165, 1.54) is 50.4 Å². The van der Waals surface area contributed by atoms with Gasteiger partial charge in [-0.15, -0.1) is 0 Å². The normalized spacial score (nSPS) is 15.1. The van der Waals surface area contributed by atoms with Gasteiger partial charge in [-0.05, 0) is 49.2 Å². The van der Waals surface area contributed by atoms with Gasteiger partial charge in [0.1, 0.15) is 0 Å². The number of pyridine rings is 1. The van der Waals surface area contributed by atoms with Crippen LogP contribution in [0, 0.1) is 0 Å². The molecular formula is C24H24F3N3O. The fourth-order valence-corrected chi connectivity index (χ4v) is 4.19. The van der Waals surface area contributed by atoms with Crippen LogP contribution in [0.3, 0.4) is 0 Å². The first-order chi connectivity index (χ1) is 14.8. The third-order valence-corrected chi connectivity index (χ3v) is 5.93. The molecule has 4 rings (SSSR count). The van der Waals surface area contributed by atoms with Gasteiger partial charge in [-0.2, -0.15) is 13.2 Å². The number of para-hydroxylation sites is 1. The van der Waals surface area contributed by atoms with Crippen LogP contribution in [0.15, 0.2) is 54.7 Å². The number of hydrogen-bond donors (Lipinski definition) is 1. The molecule has 0 radical (unpaired) electrons. The van der Waals surface area contributed by atoms with Crippen molar-refractivity contribution < 1.29 is 18.0 Å². The number of amides is 1. The smallest absolute Gasteiger partial charge is 0.372 e. The van der Waals surface area contributed by atoms with E-state index in [2.05, 4.69) is 22.2 Å². The number of carbonyl (C=O) groups is 1. The highest BCUT2D eigenvalue weighted by atomic mass is 19.4. The number of hydrogen-bond acceptors (Lipinski definition) is 3. The van der Waals surface area contributed by atoms with Gasteiger partial charge in [-0.25, -0.2) is 0 Å². The Labute approximate surface area is 179 Å². The lowest BCUT2D eigenvalue weighted by atomic mass is 9.94. The summed E-state index contributed by atoms with van der Waals surface area (Å²) < 4.78 is 39.4. The monoisotopic (exact) mass is 427 g/mol. The number of aromatic nitrogens is 1. The molecule has 2 aromatic carbocycles. The van der Waals surface area contributed by atoms with Crippen molar-refractivity contribution in [2.24, 2.45) is 0 Å². The summed E-state index contributed by atoms with van der Waals surface area (Å²) in [5, 5.41) is 3.04. The second kappa shape index (κ2) is 8.57. The maximum atomic E-state index is 13.1. The average Bonchev–Trinajstić information content (AvgIpc) is 2.78. The van der Waals surface area contributed by atoms with E-state index >= 15 is 0 Å². The predicted octanol–water partition coefficient (Wildman–Crippen LogP) is 6.27. The summed E-state index contributed by atoms with van der Waals surface area (Å²) in [6.45, 7) is 0. The molecule has 0 unspecified atom stereocenters. The van der Waals surface area contributed by atoms with Crippen LogP contribution in [-0.4, -0.2) is 24.0 Å². The molecule has 0 bridgehead atoms. The second-order valence-corrected chi connectivity index (χ2v) is 8.00. The van der Waals surface area contributed by atoms with Crippen molar-refractivity contribution in [2.75, 3.05) is 17.3 Å². The zero-order valence-electron chi connectivity index (χ0n) is 17.2. The van der Waals surface area contributed by atoms with Gasteiger partial charge in [0.2, 0.25) is 0 Å². The molecule has 0 spiro atoms. The Bertz CT molecular complexity index is 1070. The van der Waals surface area contributed by atoms with E-state index < -0.39 is 11.7 Å². The number of benzene rings is 2. The number of rotatable bonds is 4. The maximum absolute atomic E-state index is 13.1. The molecular weight excluding hydrogens is 403 g/mol. The molecule has 1 fully saturated rings. The maximum Gasteiger partial charge on any atom is 0.418 e. The summed E-state index contributed by atoms with van der Waals surface area (Å²) in [6, 6.07) is 13.3. The number of carbonyl (C=O) groups excluding carboxylic acids is 1. The third-order valence-electron chi connectivity index (χ3n) is 5.93. The van der Waals surface area contributed by atoms with Crippen LogP contribution in [0.4, 0.5) is 24.5 Å². The predicted molar refractivity (Wildman–Crippen MR) is 116 cm³/mol. The minimum atomic E-state index is -4.48. The number of halogens is 3. The SMILES string of the molecule is CN(c1ccc(C(=O)Nc2cnc3c(C(F)(F)F)cccc3c2)cc1)C1CCCCC1. The standard InChI is InChI=1S/C24H24F3N3O/c1-30(19-7-3-2-4-8-19)20-12-10-16(11-13-20)23(31)29-18-14-17-6-5-9-21(24(25,26)27)22(17)28-15-18/h5-6,9-15,19H,2-4,7-8H2,1H3,(H,29,31). The van der Waals surface area contributed by atoms with Crippen molar-refractivity contribution in [3.05, 3.63) is 65.9 Å². The summed E-state index contributed by atoms with van der Waals surface area (Å²) in [6.07, 6.45) is 2.93. The van der Waals surface area contributed by atoms with Crippen LogP contribution in [0.5, 0.6) is 0 Å². The van der Waals surface area contributed by atoms with E-state index in [1.54, 1.807) is 18.2 Å². The van der Waals surface area contributed by atoms with E-state index in [1.807, 2.05) is 12.1 Å². The number of nitrogens with one attached hydrogen (secondary N) is 1. The fourth-order valence-electron chi connectivity index (χ4n) is 4.19. The molecule has 1 aliphatic carbocycles. The summed E-state index contributed by atoms with van der Waals surface area (Å²) >= 11 is 0. The van der Waals surface area contributed by atoms with Gasteiger partial charge in [-0.1, -0.05) is 31.4 Å². The van der Waals surface area contributed by atoms with E-state index in [-0.39, 0.29) is 11.4 Å². The Kier molecular flexibility index (Phi) is 5.85. The Balaban J connectivity index is 1.48. The molecule has 1 heterocycles. The molecule has 1 N–H and O–H groups in total. The van der Waals surface area contributed by atoms with Crippen molar-refractivity contribution in [1.82, 2.24) is 4.98 Å². The number of anilines is 2. The van der Waals surface area contributed by atoms with Crippen LogP contribution >= 0.6 is 0 Å². The summed E-state index contributed by atoms with van der Waals surface area (Å²) in [4.78, 5) is 18.8. The van der Waals surface area contributed by atoms with Gasteiger partial charge >= 0.3 is 6.18 Å². The lowest BCUT2D eigenvalue weighted by Crippen LogP contribution is -2.33. The largest absolute Gasteiger partial charge is 0.418 e. The highest BCUT2D eigenvalue weighted by molar-refractivity contribution is 6.05. The summed E-state index contributed by atoms with van der Waals surface area (Å²) in [5.74, 6) is -0.333. The lowest BCUT2D eigenvalue weighted by molar-refractivity contribution is -0.136. The third kappa shape index (κ3) is 4.65. The van der Waals surface area contributed by atoms with Crippen LogP contribution < -0.4 is 10.2 Å². The van der Waals surface area contributed by atoms with E-state index in [4.69, 9.17) is 0 Å². The van der Waals surface area contributed by atoms with Gasteiger partial charge in [0.25, 0.3) is 5.91 Å². The van der Waals surface area contributed by atoms with Crippen molar-refractivity contribution >= 4 is 28.2 Å². The molecule has 1 aromatic heterocycles. The van der Waals surface area contributed by atoms with Crippen LogP contribution in [0.25, 0.3) is 10.9 Å². The molecule has 1 saturated carbocycles. The number of nitrogens with zero attached hydrogens (tertiary/aromatic N) is 2. The Morgan fingerprint density at radius 2 is 1.77 bits per heavy atom. The quantitative estimate of drug-likeness (QED) is 0.533. The van der Waals surface area contributed by atoms with Gasteiger partial charge in [0.15, 0.2) is 0 Å². The lowest BCUT2D eigenvalue weighted by Gasteiger charge is -2.33. The Morgan fingerprint density at radius 1 is 1.06 bits per heavy atom. The molecule has 1 amide bonds. The first-order valence-electron chi connectivity index (χ1n) is 10.4. The zero-order chi connectivity index (χ0) is 22.0. The topological polar surface area (TPSA) is 45.2 Å². The van der Waals surface area contributed by atoms with Gasteiger partial charge < -0.3 is 10.2 Å². The Morgan fingerprint density at radius 3 is 2.45 bits per heavy atom. The second-order valence-electron chi connectivity index (χ2n) is 8.00. The molecule has 1 aliphatic rings. The summed E-state index contributed by atoms with van der Waals surface area (Å²) in [5.41, 5.74) is 0.962. The van der Waals surface area contributed by atoms with Gasteiger partial charge in [-0.3, -0.25) is 9.78 Å². The molecule has 4 nitrogen and oxygen atoms in total. The van der Waals surface area contributed by atoms with Crippen LogP contribution in [0.2, 0.25) is 0 Å². The van der Waals surface area contributed by atoms with Gasteiger partial charge in [0.05, 0.1) is 23.0 Å². The molecule has 3 aromatic rings. The minimum Gasteiger partial charge on any atom is -0.372 e. The van der Waals surface area contributed by atoms with Gasteiger partial charge in [0, 0.05) is 29.7 Å². The van der Waals surface area contributed by atoms with Crippen molar-refractivity contribution in [3.63, 3.8) is 0 Å². The highest BCUT2D eigenvalue weighted by Crippen LogP contribution is 2.34. The molecule has 7 heteroatoms. The average molecular weight is 427 g/mol.